The molecule has 6 nitrogen and oxygen atoms in total. The molecule has 2 aliphatic heterocycles. The summed E-state index contributed by atoms with van der Waals surface area (Å²) < 4.78 is 17.4. The molecule has 0 bridgehead atoms. The van der Waals surface area contributed by atoms with Crippen molar-refractivity contribution in [1.82, 2.24) is 15.0 Å². The van der Waals surface area contributed by atoms with Gasteiger partial charge in [-0.1, -0.05) is 11.2 Å². The maximum atomic E-state index is 6.12. The van der Waals surface area contributed by atoms with Crippen LogP contribution in [0.5, 0.6) is 5.88 Å². The summed E-state index contributed by atoms with van der Waals surface area (Å²) in [5.41, 5.74) is 1.01. The average molecular weight is 343 g/mol. The van der Waals surface area contributed by atoms with E-state index in [1.165, 1.54) is 0 Å². The van der Waals surface area contributed by atoms with Gasteiger partial charge in [0.1, 0.15) is 5.76 Å². The number of fused-ring (bicyclic) bond motifs is 1. The summed E-state index contributed by atoms with van der Waals surface area (Å²) in [7, 11) is 0. The third-order valence-electron chi connectivity index (χ3n) is 5.27. The minimum atomic E-state index is 0.0206. The molecule has 0 aliphatic carbocycles. The van der Waals surface area contributed by atoms with Gasteiger partial charge in [-0.15, -0.1) is 0 Å². The highest BCUT2D eigenvalue weighted by Crippen LogP contribution is 2.40. The van der Waals surface area contributed by atoms with Crippen molar-refractivity contribution in [1.29, 1.82) is 0 Å². The van der Waals surface area contributed by atoms with Crippen LogP contribution in [0.4, 0.5) is 0 Å². The zero-order chi connectivity index (χ0) is 17.1. The molecule has 0 radical (unpaired) electrons. The topological polar surface area (TPSA) is 60.6 Å². The Kier molecular flexibility index (Phi) is 4.72. The van der Waals surface area contributed by atoms with E-state index in [2.05, 4.69) is 15.0 Å². The lowest BCUT2D eigenvalue weighted by atomic mass is 9.73. The second-order valence-electron chi connectivity index (χ2n) is 7.21. The number of pyridine rings is 1. The Hall–Kier alpha value is -1.92. The van der Waals surface area contributed by atoms with E-state index < -0.39 is 0 Å². The number of aromatic nitrogens is 2. The van der Waals surface area contributed by atoms with E-state index >= 15 is 0 Å². The van der Waals surface area contributed by atoms with E-state index in [1.807, 2.05) is 31.2 Å². The van der Waals surface area contributed by atoms with Gasteiger partial charge in [-0.2, -0.15) is 0 Å². The normalized spacial score (nSPS) is 27.0. The lowest BCUT2D eigenvalue weighted by molar-refractivity contribution is -0.141. The summed E-state index contributed by atoms with van der Waals surface area (Å²) in [4.78, 5) is 6.74. The SMILES string of the molecule is Cc1cc(CN2CC[C@@H]3OCCC[C@@]3(COc3ccccn3)C2)no1. The van der Waals surface area contributed by atoms with Crippen LogP contribution in [0.2, 0.25) is 0 Å². The van der Waals surface area contributed by atoms with Gasteiger partial charge in [0, 0.05) is 50.0 Å². The summed E-state index contributed by atoms with van der Waals surface area (Å²) in [5.74, 6) is 1.55. The molecule has 0 spiro atoms. The van der Waals surface area contributed by atoms with Gasteiger partial charge in [-0.25, -0.2) is 4.98 Å². The highest BCUT2D eigenvalue weighted by atomic mass is 16.5. The average Bonchev–Trinajstić information content (AvgIpc) is 3.05. The van der Waals surface area contributed by atoms with Crippen molar-refractivity contribution in [2.24, 2.45) is 5.41 Å². The maximum absolute atomic E-state index is 6.12. The minimum Gasteiger partial charge on any atom is -0.477 e. The fourth-order valence-corrected chi connectivity index (χ4v) is 4.10. The smallest absolute Gasteiger partial charge is 0.213 e. The van der Waals surface area contributed by atoms with Gasteiger partial charge in [0.15, 0.2) is 0 Å². The number of ether oxygens (including phenoxy) is 2. The van der Waals surface area contributed by atoms with Crippen molar-refractivity contribution in [2.45, 2.75) is 38.8 Å². The van der Waals surface area contributed by atoms with Gasteiger partial charge in [-0.05, 0) is 32.3 Å². The van der Waals surface area contributed by atoms with Crippen molar-refractivity contribution in [3.05, 3.63) is 41.9 Å². The van der Waals surface area contributed by atoms with Gasteiger partial charge < -0.3 is 14.0 Å². The molecule has 134 valence electrons. The fraction of sp³-hybridized carbons (Fsp3) is 0.579. The number of hydrogen-bond donors (Lipinski definition) is 0. The molecule has 2 fully saturated rings. The molecule has 0 aromatic carbocycles. The number of nitrogens with zero attached hydrogens (tertiary/aromatic N) is 3. The zero-order valence-corrected chi connectivity index (χ0v) is 14.7. The minimum absolute atomic E-state index is 0.0206. The van der Waals surface area contributed by atoms with Crippen LogP contribution < -0.4 is 4.74 Å². The Balaban J connectivity index is 1.46. The van der Waals surface area contributed by atoms with E-state index in [4.69, 9.17) is 14.0 Å². The molecule has 2 saturated heterocycles. The molecule has 4 heterocycles. The largest absolute Gasteiger partial charge is 0.477 e. The zero-order valence-electron chi connectivity index (χ0n) is 14.7. The van der Waals surface area contributed by atoms with Crippen molar-refractivity contribution >= 4 is 0 Å². The molecule has 2 aliphatic rings. The molecular weight excluding hydrogens is 318 g/mol. The van der Waals surface area contributed by atoms with E-state index in [1.54, 1.807) is 6.20 Å². The predicted octanol–water partition coefficient (Wildman–Crippen LogP) is 2.83. The second-order valence-corrected chi connectivity index (χ2v) is 7.21. The Labute approximate surface area is 148 Å². The van der Waals surface area contributed by atoms with Crippen molar-refractivity contribution in [3.63, 3.8) is 0 Å². The van der Waals surface area contributed by atoms with Crippen molar-refractivity contribution in [3.8, 4) is 5.88 Å². The fourth-order valence-electron chi connectivity index (χ4n) is 4.10. The predicted molar refractivity (Wildman–Crippen MR) is 92.3 cm³/mol. The van der Waals surface area contributed by atoms with Crippen LogP contribution in [0.3, 0.4) is 0 Å². The number of piperidine rings is 1. The van der Waals surface area contributed by atoms with Crippen LogP contribution in [0.15, 0.2) is 35.0 Å². The third-order valence-corrected chi connectivity index (χ3v) is 5.27. The first kappa shape index (κ1) is 16.5. The highest BCUT2D eigenvalue weighted by Gasteiger charge is 2.46. The van der Waals surface area contributed by atoms with Crippen LogP contribution in [-0.2, 0) is 11.3 Å². The van der Waals surface area contributed by atoms with Gasteiger partial charge in [0.2, 0.25) is 5.88 Å². The van der Waals surface area contributed by atoms with Gasteiger partial charge >= 0.3 is 0 Å². The summed E-state index contributed by atoms with van der Waals surface area (Å²) in [6, 6.07) is 7.78. The Morgan fingerprint density at radius 2 is 2.36 bits per heavy atom. The molecule has 0 unspecified atom stereocenters. The van der Waals surface area contributed by atoms with Crippen LogP contribution in [0.25, 0.3) is 0 Å². The number of likely N-dealkylation sites (tertiary alicyclic amines) is 1. The molecule has 0 saturated carbocycles. The van der Waals surface area contributed by atoms with E-state index in [0.29, 0.717) is 12.5 Å². The Morgan fingerprint density at radius 1 is 1.40 bits per heavy atom. The summed E-state index contributed by atoms with van der Waals surface area (Å²) in [5, 5.41) is 4.14. The first-order valence-corrected chi connectivity index (χ1v) is 9.04. The molecule has 2 aromatic heterocycles. The van der Waals surface area contributed by atoms with Gasteiger partial charge in [0.05, 0.1) is 18.4 Å². The van der Waals surface area contributed by atoms with Crippen LogP contribution in [0, 0.1) is 12.3 Å². The molecule has 4 rings (SSSR count). The number of rotatable bonds is 5. The highest BCUT2D eigenvalue weighted by molar-refractivity contribution is 5.10. The first-order chi connectivity index (χ1) is 12.2. The van der Waals surface area contributed by atoms with E-state index in [0.717, 1.165) is 57.0 Å². The summed E-state index contributed by atoms with van der Waals surface area (Å²) >= 11 is 0. The molecular formula is C19H25N3O3. The monoisotopic (exact) mass is 343 g/mol. The Morgan fingerprint density at radius 3 is 3.16 bits per heavy atom. The van der Waals surface area contributed by atoms with Crippen LogP contribution in [-0.4, -0.2) is 47.4 Å². The molecule has 0 N–H and O–H groups in total. The first-order valence-electron chi connectivity index (χ1n) is 9.04. The lowest BCUT2D eigenvalue weighted by Crippen LogP contribution is -2.57. The van der Waals surface area contributed by atoms with Gasteiger partial charge in [0.25, 0.3) is 0 Å². The number of hydrogen-bond acceptors (Lipinski definition) is 6. The van der Waals surface area contributed by atoms with E-state index in [-0.39, 0.29) is 11.5 Å². The second kappa shape index (κ2) is 7.14. The maximum Gasteiger partial charge on any atom is 0.213 e. The van der Waals surface area contributed by atoms with Crippen molar-refractivity contribution < 1.29 is 14.0 Å². The molecule has 2 atom stereocenters. The Bertz CT molecular complexity index is 690. The standard InChI is InChI=1S/C19H25N3O3/c1-15-11-16(21-25-15)12-22-9-6-17-19(13-22,7-4-10-23-17)14-24-18-5-2-3-8-20-18/h2-3,5,8,11,17H,4,6-7,9-10,12-14H2,1H3/t17-,19-/m0/s1. The van der Waals surface area contributed by atoms with Crippen LogP contribution >= 0.6 is 0 Å². The lowest BCUT2D eigenvalue weighted by Gasteiger charge is -2.50. The molecule has 0 amide bonds. The van der Waals surface area contributed by atoms with Crippen molar-refractivity contribution in [2.75, 3.05) is 26.3 Å². The molecule has 2 aromatic rings. The third kappa shape index (κ3) is 3.70. The summed E-state index contributed by atoms with van der Waals surface area (Å²) in [6.45, 7) is 6.22. The molecule has 6 heteroatoms. The van der Waals surface area contributed by atoms with Crippen LogP contribution in [0.1, 0.15) is 30.7 Å². The number of aryl methyl sites for hydroxylation is 1. The van der Waals surface area contributed by atoms with Gasteiger partial charge in [-0.3, -0.25) is 4.90 Å². The summed E-state index contributed by atoms with van der Waals surface area (Å²) in [6.07, 6.45) is 5.27. The quantitative estimate of drug-likeness (QED) is 0.832. The molecule has 25 heavy (non-hydrogen) atoms. The van der Waals surface area contributed by atoms with E-state index in [9.17, 15) is 0 Å².